The van der Waals surface area contributed by atoms with E-state index in [1.165, 1.54) is 0 Å². The van der Waals surface area contributed by atoms with E-state index in [0.717, 1.165) is 16.8 Å². The fourth-order valence-corrected chi connectivity index (χ4v) is 5.29. The van der Waals surface area contributed by atoms with Gasteiger partial charge in [0.2, 0.25) is 5.91 Å². The number of rotatable bonds is 6. The predicted octanol–water partition coefficient (Wildman–Crippen LogP) is 5.46. The Hall–Kier alpha value is -4.39. The number of ether oxygens (including phenoxy) is 1. The Morgan fingerprint density at radius 3 is 2.43 bits per heavy atom. The number of ketones is 1. The Bertz CT molecular complexity index is 1380. The van der Waals surface area contributed by atoms with E-state index >= 15 is 0 Å². The van der Waals surface area contributed by atoms with Crippen molar-refractivity contribution in [2.75, 3.05) is 17.3 Å². The van der Waals surface area contributed by atoms with Crippen molar-refractivity contribution in [3.8, 4) is 5.75 Å². The molecule has 2 atom stereocenters. The van der Waals surface area contributed by atoms with Crippen LogP contribution in [0.1, 0.15) is 48.8 Å². The first-order chi connectivity index (χ1) is 18.0. The summed E-state index contributed by atoms with van der Waals surface area (Å²) in [6, 6.07) is 24.0. The largest absolute Gasteiger partial charge is 0.497 e. The maximum Gasteiger partial charge on any atom is 0.303 e. The third kappa shape index (κ3) is 4.85. The number of fused-ring (bicyclic) bond motifs is 1. The molecule has 7 nitrogen and oxygen atoms in total. The summed E-state index contributed by atoms with van der Waals surface area (Å²) >= 11 is 0. The van der Waals surface area contributed by atoms with Crippen molar-refractivity contribution in [3.63, 3.8) is 0 Å². The zero-order valence-corrected chi connectivity index (χ0v) is 20.5. The molecule has 1 amide bonds. The van der Waals surface area contributed by atoms with E-state index in [1.54, 1.807) is 12.0 Å². The van der Waals surface area contributed by atoms with Gasteiger partial charge in [-0.1, -0.05) is 54.6 Å². The van der Waals surface area contributed by atoms with E-state index in [0.29, 0.717) is 35.5 Å². The molecule has 3 aromatic carbocycles. The number of allylic oxidation sites excluding steroid dienone is 1. The molecular weight excluding hydrogens is 468 g/mol. The molecular formula is C30H28N2O5. The molecule has 0 fully saturated rings. The zero-order valence-electron chi connectivity index (χ0n) is 20.5. The van der Waals surface area contributed by atoms with Crippen LogP contribution in [-0.4, -0.2) is 29.9 Å². The maximum atomic E-state index is 13.9. The highest BCUT2D eigenvalue weighted by Crippen LogP contribution is 2.47. The van der Waals surface area contributed by atoms with Gasteiger partial charge in [-0.25, -0.2) is 0 Å². The number of nitrogens with zero attached hydrogens (tertiary/aromatic N) is 1. The van der Waals surface area contributed by atoms with Gasteiger partial charge in [-0.2, -0.15) is 0 Å². The molecule has 188 valence electrons. The number of hydrogen-bond acceptors (Lipinski definition) is 5. The number of anilines is 2. The Kier molecular flexibility index (Phi) is 6.77. The summed E-state index contributed by atoms with van der Waals surface area (Å²) in [5.74, 6) is -0.844. The van der Waals surface area contributed by atoms with Crippen molar-refractivity contribution in [3.05, 3.63) is 101 Å². The van der Waals surface area contributed by atoms with Gasteiger partial charge in [0.05, 0.1) is 30.9 Å². The quantitative estimate of drug-likeness (QED) is 0.471. The monoisotopic (exact) mass is 496 g/mol. The van der Waals surface area contributed by atoms with Gasteiger partial charge in [-0.05, 0) is 47.7 Å². The van der Waals surface area contributed by atoms with Crippen LogP contribution in [0.4, 0.5) is 11.4 Å². The SMILES string of the molecule is COc1cccc(C2C3=C(CC(c4ccccc4)CC3=O)Nc3ccccc3N2C(=O)CCC(=O)O)c1. The molecule has 1 aliphatic carbocycles. The van der Waals surface area contributed by atoms with Crippen LogP contribution < -0.4 is 15.0 Å². The fraction of sp³-hybridized carbons (Fsp3) is 0.233. The van der Waals surface area contributed by atoms with Crippen molar-refractivity contribution in [2.24, 2.45) is 0 Å². The molecule has 0 radical (unpaired) electrons. The lowest BCUT2D eigenvalue weighted by Gasteiger charge is -2.35. The van der Waals surface area contributed by atoms with Crippen LogP contribution >= 0.6 is 0 Å². The number of Topliss-reactive ketones (excluding diaryl/α,β-unsaturated/α-hetero) is 1. The lowest BCUT2D eigenvalue weighted by atomic mass is 9.78. The van der Waals surface area contributed by atoms with Crippen molar-refractivity contribution >= 4 is 29.0 Å². The summed E-state index contributed by atoms with van der Waals surface area (Å²) in [6.45, 7) is 0. The van der Waals surface area contributed by atoms with Crippen molar-refractivity contribution in [1.82, 2.24) is 0 Å². The first kappa shape index (κ1) is 24.3. The molecule has 0 bridgehead atoms. The number of carboxylic acid groups (broad SMARTS) is 1. The van der Waals surface area contributed by atoms with Gasteiger partial charge in [-0.3, -0.25) is 19.3 Å². The molecule has 0 saturated carbocycles. The van der Waals surface area contributed by atoms with E-state index < -0.39 is 12.0 Å². The minimum absolute atomic E-state index is 0.00679. The third-order valence-corrected chi connectivity index (χ3v) is 6.99. The average Bonchev–Trinajstić information content (AvgIpc) is 3.07. The number of nitrogens with one attached hydrogen (secondary N) is 1. The van der Waals surface area contributed by atoms with Gasteiger partial charge in [-0.15, -0.1) is 0 Å². The van der Waals surface area contributed by atoms with Crippen LogP contribution in [0.2, 0.25) is 0 Å². The van der Waals surface area contributed by atoms with Crippen LogP contribution in [-0.2, 0) is 14.4 Å². The first-order valence-electron chi connectivity index (χ1n) is 12.3. The highest BCUT2D eigenvalue weighted by Gasteiger charge is 2.41. The standard InChI is InChI=1S/C30H28N2O5/c1-37-22-11-7-10-20(16-22)30-29-24(17-21(18-26(29)33)19-8-3-2-4-9-19)31-23-12-5-6-13-25(23)32(30)27(34)14-15-28(35)36/h2-13,16,21,30-31H,14-15,17-18H2,1H3,(H,35,36). The molecule has 5 rings (SSSR count). The predicted molar refractivity (Wildman–Crippen MR) is 141 cm³/mol. The van der Waals surface area contributed by atoms with Gasteiger partial charge in [0.1, 0.15) is 5.75 Å². The highest BCUT2D eigenvalue weighted by atomic mass is 16.5. The van der Waals surface area contributed by atoms with E-state index in [2.05, 4.69) is 5.32 Å². The van der Waals surface area contributed by atoms with Gasteiger partial charge in [0.15, 0.2) is 5.78 Å². The number of methoxy groups -OCH3 is 1. The summed E-state index contributed by atoms with van der Waals surface area (Å²) in [6.07, 6.45) is 0.439. The summed E-state index contributed by atoms with van der Waals surface area (Å²) in [5, 5.41) is 12.8. The molecule has 2 unspecified atom stereocenters. The zero-order chi connectivity index (χ0) is 25.9. The lowest BCUT2D eigenvalue weighted by molar-refractivity contribution is -0.138. The van der Waals surface area contributed by atoms with Crippen molar-refractivity contribution < 1.29 is 24.2 Å². The second kappa shape index (κ2) is 10.3. The Labute approximate surface area is 215 Å². The lowest BCUT2D eigenvalue weighted by Crippen LogP contribution is -2.38. The van der Waals surface area contributed by atoms with Gasteiger partial charge < -0.3 is 15.2 Å². The molecule has 0 aromatic heterocycles. The smallest absolute Gasteiger partial charge is 0.303 e. The van der Waals surface area contributed by atoms with Crippen molar-refractivity contribution in [2.45, 2.75) is 37.6 Å². The third-order valence-electron chi connectivity index (χ3n) is 6.99. The number of benzene rings is 3. The topological polar surface area (TPSA) is 95.9 Å². The fourth-order valence-electron chi connectivity index (χ4n) is 5.29. The summed E-state index contributed by atoms with van der Waals surface area (Å²) in [7, 11) is 1.57. The molecule has 2 N–H and O–H groups in total. The van der Waals surface area contributed by atoms with E-state index in [-0.39, 0.29) is 30.4 Å². The Morgan fingerprint density at radius 2 is 1.68 bits per heavy atom. The van der Waals surface area contributed by atoms with Gasteiger partial charge in [0, 0.05) is 24.1 Å². The number of para-hydroxylation sites is 2. The number of aliphatic carboxylic acids is 1. The minimum Gasteiger partial charge on any atom is -0.497 e. The van der Waals surface area contributed by atoms with E-state index in [9.17, 15) is 19.5 Å². The average molecular weight is 497 g/mol. The second-order valence-corrected chi connectivity index (χ2v) is 9.31. The normalized spacial score (nSPS) is 18.8. The summed E-state index contributed by atoms with van der Waals surface area (Å²) in [5.41, 5.74) is 4.42. The number of amides is 1. The first-order valence-corrected chi connectivity index (χ1v) is 12.3. The van der Waals surface area contributed by atoms with Crippen LogP contribution in [0.3, 0.4) is 0 Å². The summed E-state index contributed by atoms with van der Waals surface area (Å²) < 4.78 is 5.46. The maximum absolute atomic E-state index is 13.9. The van der Waals surface area contributed by atoms with Gasteiger partial charge >= 0.3 is 5.97 Å². The molecule has 7 heteroatoms. The van der Waals surface area contributed by atoms with E-state index in [4.69, 9.17) is 4.74 Å². The number of hydrogen-bond donors (Lipinski definition) is 2. The van der Waals surface area contributed by atoms with Crippen LogP contribution in [0.25, 0.3) is 0 Å². The molecule has 0 spiro atoms. The molecule has 1 heterocycles. The van der Waals surface area contributed by atoms with Crippen LogP contribution in [0.5, 0.6) is 5.75 Å². The Balaban J connectivity index is 1.70. The number of carbonyl (C=O) groups excluding carboxylic acids is 2. The molecule has 1 aliphatic heterocycles. The number of carbonyl (C=O) groups is 3. The Morgan fingerprint density at radius 1 is 0.946 bits per heavy atom. The molecule has 0 saturated heterocycles. The van der Waals surface area contributed by atoms with Crippen LogP contribution in [0, 0.1) is 0 Å². The molecule has 2 aliphatic rings. The van der Waals surface area contributed by atoms with E-state index in [1.807, 2.05) is 78.9 Å². The summed E-state index contributed by atoms with van der Waals surface area (Å²) in [4.78, 5) is 40.5. The van der Waals surface area contributed by atoms with Crippen molar-refractivity contribution in [1.29, 1.82) is 0 Å². The van der Waals surface area contributed by atoms with Gasteiger partial charge in [0.25, 0.3) is 0 Å². The van der Waals surface area contributed by atoms with Crippen LogP contribution in [0.15, 0.2) is 90.1 Å². The minimum atomic E-state index is -1.05. The second-order valence-electron chi connectivity index (χ2n) is 9.31. The molecule has 3 aromatic rings. The highest BCUT2D eigenvalue weighted by molar-refractivity contribution is 6.06. The number of carboxylic acids is 1. The molecule has 37 heavy (non-hydrogen) atoms.